The highest BCUT2D eigenvalue weighted by Crippen LogP contribution is 2.25. The second-order valence-corrected chi connectivity index (χ2v) is 5.26. The van der Waals surface area contributed by atoms with Gasteiger partial charge >= 0.3 is 12.0 Å². The summed E-state index contributed by atoms with van der Waals surface area (Å²) >= 11 is 9.25. The molecule has 1 aromatic heterocycles. The number of aromatic nitrogens is 1. The molecule has 3 N–H and O–H groups in total. The number of carboxylic acids is 1. The Kier molecular flexibility index (Phi) is 4.77. The van der Waals surface area contributed by atoms with Gasteiger partial charge in [0.1, 0.15) is 5.69 Å². The summed E-state index contributed by atoms with van der Waals surface area (Å²) in [6, 6.07) is 7.27. The van der Waals surface area contributed by atoms with Crippen LogP contribution in [-0.2, 0) is 0 Å². The Labute approximate surface area is 133 Å². The average Bonchev–Trinajstić information content (AvgIpc) is 2.42. The van der Waals surface area contributed by atoms with E-state index in [4.69, 9.17) is 16.7 Å². The molecular formula is C13H9BrClN3O3. The van der Waals surface area contributed by atoms with Gasteiger partial charge in [-0.3, -0.25) is 0 Å². The van der Waals surface area contributed by atoms with Crippen LogP contribution in [-0.4, -0.2) is 22.1 Å². The summed E-state index contributed by atoms with van der Waals surface area (Å²) in [5.41, 5.74) is 0.718. The molecule has 1 heterocycles. The molecule has 0 radical (unpaired) electrons. The quantitative estimate of drug-likeness (QED) is 0.765. The molecule has 0 unspecified atom stereocenters. The summed E-state index contributed by atoms with van der Waals surface area (Å²) in [4.78, 5) is 26.2. The number of halogens is 2. The number of urea groups is 1. The minimum absolute atomic E-state index is 0.100. The molecule has 2 rings (SSSR count). The number of rotatable bonds is 3. The average molecular weight is 371 g/mol. The number of amides is 2. The third kappa shape index (κ3) is 4.17. The van der Waals surface area contributed by atoms with Crippen LogP contribution < -0.4 is 10.6 Å². The molecule has 0 bridgehead atoms. The Morgan fingerprint density at radius 3 is 2.52 bits per heavy atom. The van der Waals surface area contributed by atoms with Crippen LogP contribution in [0.15, 0.2) is 41.0 Å². The topological polar surface area (TPSA) is 91.3 Å². The summed E-state index contributed by atoms with van der Waals surface area (Å²) in [7, 11) is 0. The Morgan fingerprint density at radius 2 is 1.95 bits per heavy atom. The van der Waals surface area contributed by atoms with Crippen molar-refractivity contribution < 1.29 is 14.7 Å². The number of aromatic carboxylic acids is 1. The number of pyridine rings is 1. The highest BCUT2D eigenvalue weighted by molar-refractivity contribution is 9.10. The number of carbonyl (C=O) groups is 2. The van der Waals surface area contributed by atoms with Gasteiger partial charge in [0.25, 0.3) is 0 Å². The zero-order valence-corrected chi connectivity index (χ0v) is 12.8. The van der Waals surface area contributed by atoms with Crippen molar-refractivity contribution in [3.05, 3.63) is 51.7 Å². The fourth-order valence-electron chi connectivity index (χ4n) is 1.47. The van der Waals surface area contributed by atoms with Gasteiger partial charge in [-0.25, -0.2) is 14.6 Å². The number of hydrogen-bond donors (Lipinski definition) is 3. The van der Waals surface area contributed by atoms with E-state index in [0.717, 1.165) is 4.47 Å². The molecule has 6 nitrogen and oxygen atoms in total. The molecule has 2 aromatic rings. The third-order valence-corrected chi connectivity index (χ3v) is 3.23. The Bertz CT molecular complexity index is 692. The van der Waals surface area contributed by atoms with E-state index < -0.39 is 12.0 Å². The zero-order chi connectivity index (χ0) is 15.4. The van der Waals surface area contributed by atoms with Crippen LogP contribution in [0.1, 0.15) is 10.5 Å². The van der Waals surface area contributed by atoms with Gasteiger partial charge in [0, 0.05) is 4.47 Å². The van der Waals surface area contributed by atoms with E-state index in [1.54, 1.807) is 18.2 Å². The zero-order valence-electron chi connectivity index (χ0n) is 10.4. The van der Waals surface area contributed by atoms with E-state index >= 15 is 0 Å². The lowest BCUT2D eigenvalue weighted by Gasteiger charge is -2.09. The lowest BCUT2D eigenvalue weighted by atomic mass is 10.3. The summed E-state index contributed by atoms with van der Waals surface area (Å²) < 4.78 is 0.798. The highest BCUT2D eigenvalue weighted by atomic mass is 79.9. The minimum Gasteiger partial charge on any atom is -0.477 e. The van der Waals surface area contributed by atoms with Crippen molar-refractivity contribution in [1.29, 1.82) is 0 Å². The van der Waals surface area contributed by atoms with Gasteiger partial charge in [-0.15, -0.1) is 0 Å². The molecule has 0 saturated carbocycles. The minimum atomic E-state index is -1.13. The summed E-state index contributed by atoms with van der Waals surface area (Å²) in [5, 5.41) is 14.2. The Hall–Kier alpha value is -2.12. The van der Waals surface area contributed by atoms with E-state index in [2.05, 4.69) is 31.5 Å². The van der Waals surface area contributed by atoms with Crippen molar-refractivity contribution in [1.82, 2.24) is 4.98 Å². The first kappa shape index (κ1) is 15.3. The fourth-order valence-corrected chi connectivity index (χ4v) is 2.19. The monoisotopic (exact) mass is 369 g/mol. The molecule has 0 aliphatic rings. The Morgan fingerprint density at radius 1 is 1.19 bits per heavy atom. The Balaban J connectivity index is 2.02. The van der Waals surface area contributed by atoms with Crippen molar-refractivity contribution in [3.63, 3.8) is 0 Å². The van der Waals surface area contributed by atoms with E-state index in [1.807, 2.05) is 0 Å². The molecule has 0 atom stereocenters. The van der Waals surface area contributed by atoms with Crippen molar-refractivity contribution in [2.45, 2.75) is 0 Å². The van der Waals surface area contributed by atoms with Crippen molar-refractivity contribution in [2.75, 3.05) is 10.6 Å². The summed E-state index contributed by atoms with van der Waals surface area (Å²) in [6.45, 7) is 0. The molecule has 0 spiro atoms. The third-order valence-electron chi connectivity index (χ3n) is 2.42. The van der Waals surface area contributed by atoms with Crippen LogP contribution in [0.4, 0.5) is 16.2 Å². The van der Waals surface area contributed by atoms with Crippen LogP contribution in [0.3, 0.4) is 0 Å². The summed E-state index contributed by atoms with van der Waals surface area (Å²) in [6.07, 6.45) is 1.26. The van der Waals surface area contributed by atoms with Gasteiger partial charge in [0.15, 0.2) is 0 Å². The lowest BCUT2D eigenvalue weighted by molar-refractivity contribution is 0.0690. The molecule has 0 aliphatic carbocycles. The molecule has 0 aliphatic heterocycles. The molecule has 0 saturated heterocycles. The van der Waals surface area contributed by atoms with Crippen molar-refractivity contribution >= 4 is 50.9 Å². The molecular weight excluding hydrogens is 362 g/mol. The second-order valence-electron chi connectivity index (χ2n) is 3.94. The number of nitrogens with one attached hydrogen (secondary N) is 2. The number of carbonyl (C=O) groups excluding carboxylic acids is 1. The number of nitrogens with zero attached hydrogens (tertiary/aromatic N) is 1. The number of hydrogen-bond acceptors (Lipinski definition) is 3. The number of anilines is 2. The van der Waals surface area contributed by atoms with Crippen LogP contribution in [0.5, 0.6) is 0 Å². The predicted molar refractivity (Wildman–Crippen MR) is 83.0 cm³/mol. The fraction of sp³-hybridized carbons (Fsp3) is 0. The van der Waals surface area contributed by atoms with Gasteiger partial charge in [-0.1, -0.05) is 27.5 Å². The van der Waals surface area contributed by atoms with Crippen LogP contribution in [0, 0.1) is 0 Å². The first-order valence-electron chi connectivity index (χ1n) is 5.68. The molecule has 8 heteroatoms. The number of carboxylic acid groups (broad SMARTS) is 1. The van der Waals surface area contributed by atoms with Crippen molar-refractivity contribution in [2.24, 2.45) is 0 Å². The largest absolute Gasteiger partial charge is 0.477 e. The van der Waals surface area contributed by atoms with Crippen molar-refractivity contribution in [3.8, 4) is 0 Å². The molecule has 2 amide bonds. The first-order valence-corrected chi connectivity index (χ1v) is 6.85. The number of benzene rings is 1. The SMILES string of the molecule is O=C(Nc1ccc(C(=O)O)nc1)Nc1ccc(Br)cc1Cl. The van der Waals surface area contributed by atoms with Gasteiger partial charge < -0.3 is 15.7 Å². The van der Waals surface area contributed by atoms with E-state index in [1.165, 1.54) is 18.3 Å². The highest BCUT2D eigenvalue weighted by Gasteiger charge is 2.08. The first-order chi connectivity index (χ1) is 9.95. The molecule has 21 heavy (non-hydrogen) atoms. The smallest absolute Gasteiger partial charge is 0.354 e. The van der Waals surface area contributed by atoms with E-state index in [0.29, 0.717) is 16.4 Å². The van der Waals surface area contributed by atoms with Gasteiger partial charge in [0.05, 0.1) is 22.6 Å². The lowest BCUT2D eigenvalue weighted by Crippen LogP contribution is -2.19. The molecule has 1 aromatic carbocycles. The van der Waals surface area contributed by atoms with Crippen LogP contribution in [0.2, 0.25) is 5.02 Å². The van der Waals surface area contributed by atoms with Gasteiger partial charge in [0.2, 0.25) is 0 Å². The summed E-state index contributed by atoms with van der Waals surface area (Å²) in [5.74, 6) is -1.13. The van der Waals surface area contributed by atoms with Gasteiger partial charge in [-0.2, -0.15) is 0 Å². The molecule has 0 fully saturated rings. The van der Waals surface area contributed by atoms with Crippen LogP contribution >= 0.6 is 27.5 Å². The van der Waals surface area contributed by atoms with E-state index in [-0.39, 0.29) is 5.69 Å². The van der Waals surface area contributed by atoms with E-state index in [9.17, 15) is 9.59 Å². The normalized spacial score (nSPS) is 10.0. The predicted octanol–water partition coefficient (Wildman–Crippen LogP) is 3.84. The van der Waals surface area contributed by atoms with Crippen LogP contribution in [0.25, 0.3) is 0 Å². The second kappa shape index (κ2) is 6.55. The maximum Gasteiger partial charge on any atom is 0.354 e. The molecule has 108 valence electrons. The maximum atomic E-state index is 11.8. The van der Waals surface area contributed by atoms with Gasteiger partial charge in [-0.05, 0) is 30.3 Å². The standard InChI is InChI=1S/C13H9BrClN3O3/c14-7-1-3-10(9(15)5-7)18-13(21)17-8-2-4-11(12(19)20)16-6-8/h1-6H,(H,19,20)(H2,17,18,21). The maximum absolute atomic E-state index is 11.8.